The van der Waals surface area contributed by atoms with Crippen LogP contribution in [0.4, 0.5) is 25.4 Å². The molecule has 0 radical (unpaired) electrons. The largest absolute Gasteiger partial charge is 0.382 e. The number of hydrogen-bond acceptors (Lipinski definition) is 7. The molecule has 0 atom stereocenters. The number of carbonyl (C=O) groups excluding carboxylic acids is 1. The molecule has 0 saturated heterocycles. The third kappa shape index (κ3) is 5.88. The minimum absolute atomic E-state index is 0.0590. The van der Waals surface area contributed by atoms with Gasteiger partial charge in [0.25, 0.3) is 0 Å². The van der Waals surface area contributed by atoms with E-state index in [1.807, 2.05) is 6.07 Å². The van der Waals surface area contributed by atoms with Gasteiger partial charge in [0, 0.05) is 17.3 Å². The maximum atomic E-state index is 14.0. The average molecular weight is 549 g/mol. The quantitative estimate of drug-likeness (QED) is 0.249. The lowest BCUT2D eigenvalue weighted by Crippen LogP contribution is -2.26. The Morgan fingerprint density at radius 3 is 2.36 bits per heavy atom. The van der Waals surface area contributed by atoms with Gasteiger partial charge in [0.1, 0.15) is 22.3 Å². The molecule has 12 heteroatoms. The number of rotatable bonds is 9. The summed E-state index contributed by atoms with van der Waals surface area (Å²) in [7, 11) is -3.74. The topological polar surface area (TPSA) is 114 Å². The van der Waals surface area contributed by atoms with Crippen LogP contribution in [0.5, 0.6) is 0 Å². The molecule has 0 bridgehead atoms. The molecule has 0 unspecified atom stereocenters. The summed E-state index contributed by atoms with van der Waals surface area (Å²) in [6, 6.07) is 16.1. The summed E-state index contributed by atoms with van der Waals surface area (Å²) in [5.74, 6) is -3.10. The zero-order valence-electron chi connectivity index (χ0n) is 18.5. The smallest absolute Gasteiger partial charge is 0.240 e. The molecule has 0 saturated carbocycles. The number of ketones is 1. The van der Waals surface area contributed by atoms with E-state index in [1.54, 1.807) is 18.2 Å². The van der Waals surface area contributed by atoms with Gasteiger partial charge in [-0.2, -0.15) is 0 Å². The minimum Gasteiger partial charge on any atom is -0.382 e. The Balaban J connectivity index is 1.42. The summed E-state index contributed by atoms with van der Waals surface area (Å²) in [6.07, 6.45) is 0.475. The van der Waals surface area contributed by atoms with E-state index in [4.69, 9.17) is 17.3 Å². The zero-order valence-corrected chi connectivity index (χ0v) is 20.9. The van der Waals surface area contributed by atoms with E-state index in [0.29, 0.717) is 17.1 Å². The summed E-state index contributed by atoms with van der Waals surface area (Å²) in [4.78, 5) is 16.6. The van der Waals surface area contributed by atoms with Gasteiger partial charge in [-0.15, -0.1) is 0 Å². The number of nitrogens with zero attached hydrogens (tertiary/aromatic N) is 1. The summed E-state index contributed by atoms with van der Waals surface area (Å²) in [5, 5.41) is 3.69. The lowest BCUT2D eigenvalue weighted by molar-refractivity contribution is 0.103. The number of nitrogens with one attached hydrogen (secondary N) is 2. The van der Waals surface area contributed by atoms with Crippen LogP contribution in [0.3, 0.4) is 0 Å². The molecule has 4 aromatic rings. The third-order valence-electron chi connectivity index (χ3n) is 5.06. The average Bonchev–Trinajstić information content (AvgIpc) is 3.19. The van der Waals surface area contributed by atoms with Crippen molar-refractivity contribution in [2.45, 2.75) is 11.3 Å². The molecule has 0 spiro atoms. The van der Waals surface area contributed by atoms with E-state index in [-0.39, 0.29) is 27.3 Å². The van der Waals surface area contributed by atoms with Crippen LogP contribution in [0.15, 0.2) is 71.6 Å². The molecule has 1 aromatic heterocycles. The number of carbonyl (C=O) groups is 1. The molecule has 36 heavy (non-hydrogen) atoms. The Labute approximate surface area is 215 Å². The zero-order chi connectivity index (χ0) is 25.9. The second-order valence-corrected chi connectivity index (χ2v) is 10.8. The van der Waals surface area contributed by atoms with Crippen molar-refractivity contribution in [3.63, 3.8) is 0 Å². The maximum absolute atomic E-state index is 14.0. The van der Waals surface area contributed by atoms with Crippen LogP contribution in [-0.4, -0.2) is 25.7 Å². The van der Waals surface area contributed by atoms with Gasteiger partial charge < -0.3 is 11.1 Å². The molecule has 4 rings (SSSR count). The van der Waals surface area contributed by atoms with Gasteiger partial charge in [0.2, 0.25) is 15.8 Å². The predicted molar refractivity (Wildman–Crippen MR) is 136 cm³/mol. The summed E-state index contributed by atoms with van der Waals surface area (Å²) >= 11 is 6.77. The molecule has 0 aliphatic heterocycles. The number of nitrogens with two attached hydrogens (primary N) is 1. The number of anilines is 3. The molecule has 3 aromatic carbocycles. The Morgan fingerprint density at radius 1 is 1.03 bits per heavy atom. The molecule has 0 aliphatic carbocycles. The number of thiazole rings is 1. The summed E-state index contributed by atoms with van der Waals surface area (Å²) in [6.45, 7) is 0.195. The molecule has 0 amide bonds. The van der Waals surface area contributed by atoms with Gasteiger partial charge in [-0.1, -0.05) is 41.1 Å². The van der Waals surface area contributed by atoms with E-state index < -0.39 is 33.0 Å². The molecular formula is C24H19ClF2N4O3S2. The number of nitrogen functional groups attached to an aromatic ring is 1. The number of halogens is 3. The lowest BCUT2D eigenvalue weighted by Gasteiger charge is -2.08. The van der Waals surface area contributed by atoms with E-state index in [9.17, 15) is 22.0 Å². The predicted octanol–water partition coefficient (Wildman–Crippen LogP) is 5.15. The highest BCUT2D eigenvalue weighted by atomic mass is 35.5. The van der Waals surface area contributed by atoms with Gasteiger partial charge in [-0.3, -0.25) is 4.79 Å². The molecule has 4 N–H and O–H groups in total. The number of aromatic nitrogens is 1. The van der Waals surface area contributed by atoms with Crippen LogP contribution in [0.2, 0.25) is 5.02 Å². The first-order valence-electron chi connectivity index (χ1n) is 10.5. The fraction of sp³-hybridized carbons (Fsp3) is 0.0833. The molecular weight excluding hydrogens is 530 g/mol. The standard InChI is InChI=1S/C24H19ClF2N4O3S2/c25-15-4-1-3-14(13-15)11-12-29-36(33,34)17-9-7-16(8-10-17)30-24-31-23(28)22(35-24)21(32)20-18(26)5-2-6-19(20)27/h1-10,13,29H,11-12,28H2,(H,30,31). The monoisotopic (exact) mass is 548 g/mol. The van der Waals surface area contributed by atoms with Crippen molar-refractivity contribution >= 4 is 55.4 Å². The van der Waals surface area contributed by atoms with E-state index in [0.717, 1.165) is 35.1 Å². The van der Waals surface area contributed by atoms with Crippen LogP contribution in [0, 0.1) is 11.6 Å². The molecule has 0 fully saturated rings. The SMILES string of the molecule is Nc1nc(Nc2ccc(S(=O)(=O)NCCc3cccc(Cl)c3)cc2)sc1C(=O)c1c(F)cccc1F. The highest BCUT2D eigenvalue weighted by Crippen LogP contribution is 2.31. The van der Waals surface area contributed by atoms with Crippen LogP contribution >= 0.6 is 22.9 Å². The van der Waals surface area contributed by atoms with Crippen LogP contribution in [-0.2, 0) is 16.4 Å². The molecule has 7 nitrogen and oxygen atoms in total. The van der Waals surface area contributed by atoms with Crippen molar-refractivity contribution in [1.82, 2.24) is 9.71 Å². The highest BCUT2D eigenvalue weighted by Gasteiger charge is 2.24. The molecule has 1 heterocycles. The Morgan fingerprint density at radius 2 is 1.69 bits per heavy atom. The fourth-order valence-corrected chi connectivity index (χ4v) is 5.42. The van der Waals surface area contributed by atoms with Crippen LogP contribution in [0.25, 0.3) is 0 Å². The molecule has 0 aliphatic rings. The first-order valence-corrected chi connectivity index (χ1v) is 13.2. The van der Waals surface area contributed by atoms with Crippen molar-refractivity contribution in [2.75, 3.05) is 17.6 Å². The van der Waals surface area contributed by atoms with E-state index >= 15 is 0 Å². The lowest BCUT2D eigenvalue weighted by atomic mass is 10.1. The van der Waals surface area contributed by atoms with Crippen molar-refractivity contribution in [3.8, 4) is 0 Å². The van der Waals surface area contributed by atoms with E-state index in [2.05, 4.69) is 15.0 Å². The Bertz CT molecular complexity index is 1510. The summed E-state index contributed by atoms with van der Waals surface area (Å²) in [5.41, 5.74) is 6.47. The van der Waals surface area contributed by atoms with Gasteiger partial charge in [0.15, 0.2) is 5.13 Å². The Hall–Kier alpha value is -3.38. The van der Waals surface area contributed by atoms with Crippen molar-refractivity contribution in [3.05, 3.63) is 99.4 Å². The number of benzene rings is 3. The number of hydrogen-bond donors (Lipinski definition) is 3. The second kappa shape index (κ2) is 10.7. The summed E-state index contributed by atoms with van der Waals surface area (Å²) < 4.78 is 55.7. The van der Waals surface area contributed by atoms with Crippen LogP contribution in [0.1, 0.15) is 20.8 Å². The first-order chi connectivity index (χ1) is 17.1. The van der Waals surface area contributed by atoms with Crippen molar-refractivity contribution in [2.24, 2.45) is 0 Å². The maximum Gasteiger partial charge on any atom is 0.240 e. The normalized spacial score (nSPS) is 11.4. The fourth-order valence-electron chi connectivity index (χ4n) is 3.32. The Kier molecular flexibility index (Phi) is 7.65. The highest BCUT2D eigenvalue weighted by molar-refractivity contribution is 7.89. The third-order valence-corrected chi connectivity index (χ3v) is 7.76. The number of sulfonamides is 1. The van der Waals surface area contributed by atoms with Gasteiger partial charge in [0.05, 0.1) is 10.5 Å². The first kappa shape index (κ1) is 25.7. The van der Waals surface area contributed by atoms with Crippen LogP contribution < -0.4 is 15.8 Å². The minimum atomic E-state index is -3.74. The van der Waals surface area contributed by atoms with Gasteiger partial charge in [-0.05, 0) is 60.5 Å². The van der Waals surface area contributed by atoms with Crippen molar-refractivity contribution in [1.29, 1.82) is 0 Å². The van der Waals surface area contributed by atoms with Crippen molar-refractivity contribution < 1.29 is 22.0 Å². The second-order valence-electron chi connectivity index (χ2n) is 7.59. The van der Waals surface area contributed by atoms with Gasteiger partial charge in [-0.25, -0.2) is 26.9 Å². The van der Waals surface area contributed by atoms with Gasteiger partial charge >= 0.3 is 0 Å². The van der Waals surface area contributed by atoms with E-state index in [1.165, 1.54) is 24.3 Å². The molecule has 186 valence electrons.